The molecule has 0 spiro atoms. The lowest BCUT2D eigenvalue weighted by atomic mass is 10.1. The summed E-state index contributed by atoms with van der Waals surface area (Å²) in [6.45, 7) is 5.70. The van der Waals surface area contributed by atoms with Gasteiger partial charge >= 0.3 is 0 Å². The van der Waals surface area contributed by atoms with E-state index in [0.717, 1.165) is 28.6 Å². The standard InChI is InChI=1S/C21H32N2/c1-19(23(4,5)18-21-14-10-7-11-15-21)16-22(2,3)17-20-12-8-6-9-13-20/h6-15,19H,16-18H2,1-5H3/q+2. The summed E-state index contributed by atoms with van der Waals surface area (Å²) in [5.41, 5.74) is 2.83. The van der Waals surface area contributed by atoms with Crippen LogP contribution in [0, 0.1) is 0 Å². The summed E-state index contributed by atoms with van der Waals surface area (Å²) in [6.07, 6.45) is 0. The van der Waals surface area contributed by atoms with Crippen molar-refractivity contribution in [1.29, 1.82) is 0 Å². The van der Waals surface area contributed by atoms with Crippen LogP contribution in [-0.2, 0) is 13.1 Å². The molecule has 0 aliphatic heterocycles. The summed E-state index contributed by atoms with van der Waals surface area (Å²) in [5, 5.41) is 0. The highest BCUT2D eigenvalue weighted by atomic mass is 15.4. The Labute approximate surface area is 142 Å². The molecule has 0 radical (unpaired) electrons. The molecule has 0 saturated heterocycles. The van der Waals surface area contributed by atoms with Crippen molar-refractivity contribution < 1.29 is 8.97 Å². The molecule has 1 unspecified atom stereocenters. The Bertz CT molecular complexity index is 588. The van der Waals surface area contributed by atoms with Crippen LogP contribution in [0.25, 0.3) is 0 Å². The summed E-state index contributed by atoms with van der Waals surface area (Å²) < 4.78 is 2.03. The van der Waals surface area contributed by atoms with Gasteiger partial charge in [0.2, 0.25) is 0 Å². The van der Waals surface area contributed by atoms with E-state index >= 15 is 0 Å². The van der Waals surface area contributed by atoms with Crippen molar-refractivity contribution in [3.63, 3.8) is 0 Å². The Morgan fingerprint density at radius 2 is 1.13 bits per heavy atom. The first-order chi connectivity index (χ1) is 10.8. The van der Waals surface area contributed by atoms with Crippen LogP contribution >= 0.6 is 0 Å². The predicted molar refractivity (Wildman–Crippen MR) is 98.8 cm³/mol. The fraction of sp³-hybridized carbons (Fsp3) is 0.429. The maximum Gasteiger partial charge on any atom is 0.136 e. The van der Waals surface area contributed by atoms with E-state index in [1.54, 1.807) is 0 Å². The summed E-state index contributed by atoms with van der Waals surface area (Å²) in [5.74, 6) is 0. The first kappa shape index (κ1) is 17.7. The number of quaternary nitrogens is 2. The van der Waals surface area contributed by atoms with Crippen LogP contribution in [0.1, 0.15) is 18.1 Å². The molecule has 2 rings (SSSR count). The maximum absolute atomic E-state index is 2.38. The summed E-state index contributed by atoms with van der Waals surface area (Å²) in [6, 6.07) is 22.2. The van der Waals surface area contributed by atoms with Crippen LogP contribution in [0.2, 0.25) is 0 Å². The second-order valence-electron chi connectivity index (χ2n) is 8.03. The van der Waals surface area contributed by atoms with Crippen LogP contribution in [0.5, 0.6) is 0 Å². The van der Waals surface area contributed by atoms with Gasteiger partial charge in [0.15, 0.2) is 0 Å². The molecule has 0 heterocycles. The van der Waals surface area contributed by atoms with E-state index in [9.17, 15) is 0 Å². The van der Waals surface area contributed by atoms with Gasteiger partial charge in [0.1, 0.15) is 25.7 Å². The molecule has 0 aliphatic rings. The third kappa shape index (κ3) is 5.49. The third-order valence-electron chi connectivity index (χ3n) is 4.84. The van der Waals surface area contributed by atoms with Crippen molar-refractivity contribution in [2.75, 3.05) is 34.7 Å². The Balaban J connectivity index is 1.99. The predicted octanol–water partition coefficient (Wildman–Crippen LogP) is 3.93. The fourth-order valence-electron chi connectivity index (χ4n) is 3.29. The average Bonchev–Trinajstić information content (AvgIpc) is 2.47. The second-order valence-corrected chi connectivity index (χ2v) is 8.03. The minimum absolute atomic E-state index is 0.592. The number of hydrogen-bond acceptors (Lipinski definition) is 0. The Kier molecular flexibility index (Phi) is 5.61. The first-order valence-electron chi connectivity index (χ1n) is 8.51. The van der Waals surface area contributed by atoms with E-state index in [-0.39, 0.29) is 0 Å². The van der Waals surface area contributed by atoms with Gasteiger partial charge < -0.3 is 8.97 Å². The molecule has 0 aliphatic carbocycles. The molecule has 0 amide bonds. The van der Waals surface area contributed by atoms with Gasteiger partial charge in [0, 0.05) is 11.1 Å². The van der Waals surface area contributed by atoms with Gasteiger partial charge in [-0.05, 0) is 6.92 Å². The molecule has 2 heteroatoms. The molecule has 0 saturated carbocycles. The molecular formula is C21H32N2+2. The van der Waals surface area contributed by atoms with Gasteiger partial charge in [-0.2, -0.15) is 0 Å². The highest BCUT2D eigenvalue weighted by Crippen LogP contribution is 2.18. The molecular weight excluding hydrogens is 280 g/mol. The van der Waals surface area contributed by atoms with E-state index in [2.05, 4.69) is 95.8 Å². The molecule has 23 heavy (non-hydrogen) atoms. The van der Waals surface area contributed by atoms with Crippen LogP contribution in [0.15, 0.2) is 60.7 Å². The third-order valence-corrected chi connectivity index (χ3v) is 4.84. The molecule has 0 fully saturated rings. The molecule has 124 valence electrons. The van der Waals surface area contributed by atoms with Crippen molar-refractivity contribution in [3.8, 4) is 0 Å². The molecule has 2 nitrogen and oxygen atoms in total. The number of nitrogens with zero attached hydrogens (tertiary/aromatic N) is 2. The zero-order valence-corrected chi connectivity index (χ0v) is 15.4. The zero-order chi connectivity index (χ0) is 16.9. The average molecular weight is 313 g/mol. The molecule has 2 aromatic carbocycles. The normalized spacial score (nSPS) is 13.8. The lowest BCUT2D eigenvalue weighted by Gasteiger charge is -2.41. The van der Waals surface area contributed by atoms with Crippen molar-refractivity contribution in [2.45, 2.75) is 26.1 Å². The van der Waals surface area contributed by atoms with Crippen LogP contribution in [0.4, 0.5) is 0 Å². The SMILES string of the molecule is CC(C[N+](C)(C)Cc1ccccc1)[N+](C)(C)Cc1ccccc1. The van der Waals surface area contributed by atoms with Crippen LogP contribution in [0.3, 0.4) is 0 Å². The topological polar surface area (TPSA) is 0 Å². The van der Waals surface area contributed by atoms with Gasteiger partial charge in [0.05, 0.1) is 28.2 Å². The lowest BCUT2D eigenvalue weighted by molar-refractivity contribution is -0.975. The zero-order valence-electron chi connectivity index (χ0n) is 15.4. The van der Waals surface area contributed by atoms with Crippen molar-refractivity contribution >= 4 is 0 Å². The maximum atomic E-state index is 2.38. The first-order valence-corrected chi connectivity index (χ1v) is 8.51. The number of likely N-dealkylation sites (N-methyl/N-ethyl adjacent to an activating group) is 2. The van der Waals surface area contributed by atoms with E-state index < -0.39 is 0 Å². The van der Waals surface area contributed by atoms with E-state index in [1.165, 1.54) is 11.1 Å². The summed E-state index contributed by atoms with van der Waals surface area (Å²) in [7, 11) is 9.37. The van der Waals surface area contributed by atoms with Crippen LogP contribution < -0.4 is 0 Å². The summed E-state index contributed by atoms with van der Waals surface area (Å²) in [4.78, 5) is 0. The number of benzene rings is 2. The van der Waals surface area contributed by atoms with Crippen LogP contribution in [-0.4, -0.2) is 49.7 Å². The van der Waals surface area contributed by atoms with Gasteiger partial charge in [-0.1, -0.05) is 60.7 Å². The second kappa shape index (κ2) is 7.29. The quantitative estimate of drug-likeness (QED) is 0.680. The lowest BCUT2D eigenvalue weighted by Crippen LogP contribution is -2.55. The van der Waals surface area contributed by atoms with E-state index in [0.29, 0.717) is 6.04 Å². The van der Waals surface area contributed by atoms with Crippen molar-refractivity contribution in [1.82, 2.24) is 0 Å². The van der Waals surface area contributed by atoms with Gasteiger partial charge in [-0.25, -0.2) is 0 Å². The Morgan fingerprint density at radius 3 is 1.61 bits per heavy atom. The smallest absolute Gasteiger partial charge is 0.136 e. The number of hydrogen-bond donors (Lipinski definition) is 0. The molecule has 2 aromatic rings. The minimum Gasteiger partial charge on any atom is -0.320 e. The molecule has 0 aromatic heterocycles. The van der Waals surface area contributed by atoms with Gasteiger partial charge in [-0.15, -0.1) is 0 Å². The summed E-state index contributed by atoms with van der Waals surface area (Å²) >= 11 is 0. The van der Waals surface area contributed by atoms with Gasteiger partial charge in [0.25, 0.3) is 0 Å². The molecule has 1 atom stereocenters. The van der Waals surface area contributed by atoms with Gasteiger partial charge in [-0.3, -0.25) is 0 Å². The van der Waals surface area contributed by atoms with Crippen molar-refractivity contribution in [2.24, 2.45) is 0 Å². The fourth-order valence-corrected chi connectivity index (χ4v) is 3.29. The largest absolute Gasteiger partial charge is 0.320 e. The van der Waals surface area contributed by atoms with E-state index in [4.69, 9.17) is 0 Å². The minimum atomic E-state index is 0.592. The van der Waals surface area contributed by atoms with E-state index in [1.807, 2.05) is 0 Å². The highest BCUT2D eigenvalue weighted by molar-refractivity contribution is 5.14. The Hall–Kier alpha value is -1.64. The number of rotatable bonds is 7. The monoisotopic (exact) mass is 312 g/mol. The van der Waals surface area contributed by atoms with Crippen molar-refractivity contribution in [3.05, 3.63) is 71.8 Å². The molecule has 0 N–H and O–H groups in total. The Morgan fingerprint density at radius 1 is 0.696 bits per heavy atom. The molecule has 0 bridgehead atoms. The highest BCUT2D eigenvalue weighted by Gasteiger charge is 2.31.